The first kappa shape index (κ1) is 21.1. The van der Waals surface area contributed by atoms with Crippen LogP contribution in [0.2, 0.25) is 0 Å². The Labute approximate surface area is 174 Å². The van der Waals surface area contributed by atoms with E-state index in [2.05, 4.69) is 14.8 Å². The van der Waals surface area contributed by atoms with Crippen molar-refractivity contribution in [3.8, 4) is 0 Å². The third kappa shape index (κ3) is 4.95. The molecular formula is C23H28F3N3O. The van der Waals surface area contributed by atoms with Crippen LogP contribution >= 0.6 is 0 Å². The molecule has 0 bridgehead atoms. The maximum Gasteiger partial charge on any atom is 0.416 e. The summed E-state index contributed by atoms with van der Waals surface area (Å²) in [5.41, 5.74) is 1.02. The molecule has 1 aromatic carbocycles. The Kier molecular flexibility index (Phi) is 6.29. The number of piperazine rings is 1. The van der Waals surface area contributed by atoms with E-state index in [4.69, 9.17) is 0 Å². The third-order valence-electron chi connectivity index (χ3n) is 6.58. The number of H-pyrrole nitrogens is 1. The van der Waals surface area contributed by atoms with E-state index in [1.54, 1.807) is 24.4 Å². The zero-order chi connectivity index (χ0) is 21.1. The topological polar surface area (TPSA) is 39.3 Å². The van der Waals surface area contributed by atoms with E-state index in [1.807, 2.05) is 6.07 Å². The number of hydrogen-bond donors (Lipinski definition) is 1. The van der Waals surface area contributed by atoms with Crippen LogP contribution in [0.15, 0.2) is 47.4 Å². The van der Waals surface area contributed by atoms with Gasteiger partial charge < -0.3 is 4.98 Å². The Morgan fingerprint density at radius 3 is 2.27 bits per heavy atom. The smallest absolute Gasteiger partial charge is 0.329 e. The van der Waals surface area contributed by atoms with Crippen LogP contribution in [0.3, 0.4) is 0 Å². The largest absolute Gasteiger partial charge is 0.416 e. The number of halogens is 3. The maximum atomic E-state index is 13.4. The van der Waals surface area contributed by atoms with Crippen molar-refractivity contribution in [1.29, 1.82) is 0 Å². The van der Waals surface area contributed by atoms with Crippen LogP contribution in [0.25, 0.3) is 0 Å². The number of aromatic amines is 1. The predicted molar refractivity (Wildman–Crippen MR) is 110 cm³/mol. The van der Waals surface area contributed by atoms with Crippen LogP contribution in [0.4, 0.5) is 13.2 Å². The molecule has 7 heteroatoms. The number of pyridine rings is 1. The molecule has 162 valence electrons. The summed E-state index contributed by atoms with van der Waals surface area (Å²) in [4.78, 5) is 18.8. The predicted octanol–water partition coefficient (Wildman–Crippen LogP) is 4.24. The minimum absolute atomic E-state index is 0.000556. The number of rotatable bonds is 4. The van der Waals surface area contributed by atoms with Crippen molar-refractivity contribution >= 4 is 0 Å². The molecule has 4 rings (SSSR count). The lowest BCUT2D eigenvalue weighted by Gasteiger charge is -2.42. The van der Waals surface area contributed by atoms with Gasteiger partial charge in [0.15, 0.2) is 0 Å². The fourth-order valence-electron chi connectivity index (χ4n) is 4.95. The standard InChI is InChI=1S/C23H28F3N3O/c24-23(25,26)21-4-2-1-3-20(21)18-6-8-19(9-7-18)29-13-11-28(12-14-29)16-17-5-10-22(30)27-15-17/h1-5,10,15,18-19H,6-9,11-14,16H2,(H,27,30). The second-order valence-electron chi connectivity index (χ2n) is 8.46. The van der Waals surface area contributed by atoms with Gasteiger partial charge in [-0.15, -0.1) is 0 Å². The Morgan fingerprint density at radius 2 is 1.63 bits per heavy atom. The SMILES string of the molecule is O=c1ccc(CN2CCN(C3CCC(c4ccccc4C(F)(F)F)CC3)CC2)c[nH]1. The molecule has 1 N–H and O–H groups in total. The molecule has 2 fully saturated rings. The first-order valence-corrected chi connectivity index (χ1v) is 10.7. The van der Waals surface area contributed by atoms with Crippen LogP contribution in [0.1, 0.15) is 48.3 Å². The van der Waals surface area contributed by atoms with E-state index in [0.717, 1.165) is 64.0 Å². The Morgan fingerprint density at radius 1 is 0.933 bits per heavy atom. The molecule has 1 aliphatic heterocycles. The van der Waals surface area contributed by atoms with E-state index in [-0.39, 0.29) is 11.5 Å². The number of alkyl halides is 3. The van der Waals surface area contributed by atoms with Crippen molar-refractivity contribution in [2.75, 3.05) is 26.2 Å². The van der Waals surface area contributed by atoms with Gasteiger partial charge in [0.2, 0.25) is 5.56 Å². The Hall–Kier alpha value is -2.12. The molecule has 0 unspecified atom stereocenters. The highest BCUT2D eigenvalue weighted by Crippen LogP contribution is 2.41. The van der Waals surface area contributed by atoms with Crippen molar-refractivity contribution in [2.45, 2.75) is 50.4 Å². The zero-order valence-electron chi connectivity index (χ0n) is 17.0. The van der Waals surface area contributed by atoms with Gasteiger partial charge in [0.25, 0.3) is 0 Å². The lowest BCUT2D eigenvalue weighted by Crippen LogP contribution is -2.50. The normalized spacial score (nSPS) is 24.1. The molecule has 0 radical (unpaired) electrons. The van der Waals surface area contributed by atoms with Crippen molar-refractivity contribution < 1.29 is 13.2 Å². The van der Waals surface area contributed by atoms with E-state index in [0.29, 0.717) is 11.6 Å². The molecule has 1 saturated heterocycles. The number of aromatic nitrogens is 1. The van der Waals surface area contributed by atoms with Gasteiger partial charge >= 0.3 is 6.18 Å². The molecule has 2 aromatic rings. The number of benzene rings is 1. The Bertz CT molecular complexity index is 875. The first-order chi connectivity index (χ1) is 14.4. The summed E-state index contributed by atoms with van der Waals surface area (Å²) < 4.78 is 40.1. The van der Waals surface area contributed by atoms with E-state index in [9.17, 15) is 18.0 Å². The quantitative estimate of drug-likeness (QED) is 0.806. The molecular weight excluding hydrogens is 391 g/mol. The van der Waals surface area contributed by atoms with E-state index < -0.39 is 11.7 Å². The van der Waals surface area contributed by atoms with Crippen molar-refractivity contribution in [1.82, 2.24) is 14.8 Å². The van der Waals surface area contributed by atoms with Crippen LogP contribution in [0.5, 0.6) is 0 Å². The van der Waals surface area contributed by atoms with E-state index in [1.165, 1.54) is 12.1 Å². The molecule has 0 amide bonds. The number of nitrogens with zero attached hydrogens (tertiary/aromatic N) is 2. The Balaban J connectivity index is 1.29. The molecule has 2 aliphatic rings. The molecule has 4 nitrogen and oxygen atoms in total. The molecule has 2 heterocycles. The second-order valence-corrected chi connectivity index (χ2v) is 8.46. The molecule has 1 aliphatic carbocycles. The van der Waals surface area contributed by atoms with Crippen molar-refractivity contribution in [3.05, 3.63) is 69.6 Å². The lowest BCUT2D eigenvalue weighted by atomic mass is 9.79. The van der Waals surface area contributed by atoms with Gasteiger partial charge in [0, 0.05) is 51.0 Å². The van der Waals surface area contributed by atoms with Crippen LogP contribution in [0, 0.1) is 0 Å². The fraction of sp³-hybridized carbons (Fsp3) is 0.522. The van der Waals surface area contributed by atoms with Gasteiger partial charge in [-0.2, -0.15) is 13.2 Å². The minimum Gasteiger partial charge on any atom is -0.329 e. The van der Waals surface area contributed by atoms with Gasteiger partial charge in [-0.3, -0.25) is 14.6 Å². The monoisotopic (exact) mass is 419 g/mol. The molecule has 0 spiro atoms. The fourth-order valence-corrected chi connectivity index (χ4v) is 4.95. The highest BCUT2D eigenvalue weighted by atomic mass is 19.4. The molecule has 1 saturated carbocycles. The summed E-state index contributed by atoms with van der Waals surface area (Å²) in [6.07, 6.45) is 1.03. The molecule has 1 aromatic heterocycles. The minimum atomic E-state index is -4.28. The summed E-state index contributed by atoms with van der Waals surface area (Å²) >= 11 is 0. The highest BCUT2D eigenvalue weighted by molar-refractivity contribution is 5.33. The third-order valence-corrected chi connectivity index (χ3v) is 6.58. The summed E-state index contributed by atoms with van der Waals surface area (Å²) in [5.74, 6) is 0.000556. The average molecular weight is 419 g/mol. The number of hydrogen-bond acceptors (Lipinski definition) is 3. The average Bonchev–Trinajstić information content (AvgIpc) is 2.75. The van der Waals surface area contributed by atoms with Crippen LogP contribution in [-0.2, 0) is 12.7 Å². The lowest BCUT2D eigenvalue weighted by molar-refractivity contribution is -0.138. The van der Waals surface area contributed by atoms with Crippen LogP contribution in [-0.4, -0.2) is 47.0 Å². The van der Waals surface area contributed by atoms with Gasteiger partial charge in [0.1, 0.15) is 0 Å². The first-order valence-electron chi connectivity index (χ1n) is 10.7. The highest BCUT2D eigenvalue weighted by Gasteiger charge is 2.36. The summed E-state index contributed by atoms with van der Waals surface area (Å²) in [5, 5.41) is 0. The van der Waals surface area contributed by atoms with Crippen molar-refractivity contribution in [3.63, 3.8) is 0 Å². The van der Waals surface area contributed by atoms with Crippen molar-refractivity contribution in [2.24, 2.45) is 0 Å². The van der Waals surface area contributed by atoms with Gasteiger partial charge in [0.05, 0.1) is 5.56 Å². The second kappa shape index (κ2) is 8.94. The van der Waals surface area contributed by atoms with Gasteiger partial charge in [-0.05, 0) is 48.8 Å². The number of nitrogens with one attached hydrogen (secondary N) is 1. The zero-order valence-corrected chi connectivity index (χ0v) is 17.0. The van der Waals surface area contributed by atoms with Crippen LogP contribution < -0.4 is 5.56 Å². The maximum absolute atomic E-state index is 13.4. The molecule has 30 heavy (non-hydrogen) atoms. The van der Waals surface area contributed by atoms with Gasteiger partial charge in [-0.25, -0.2) is 0 Å². The summed E-state index contributed by atoms with van der Waals surface area (Å²) in [7, 11) is 0. The summed E-state index contributed by atoms with van der Waals surface area (Å²) in [6, 6.07) is 9.95. The molecule has 0 atom stereocenters. The van der Waals surface area contributed by atoms with Gasteiger partial charge in [-0.1, -0.05) is 24.3 Å². The summed E-state index contributed by atoms with van der Waals surface area (Å²) in [6.45, 7) is 4.73. The van der Waals surface area contributed by atoms with E-state index >= 15 is 0 Å².